The summed E-state index contributed by atoms with van der Waals surface area (Å²) >= 11 is 0. The SMILES string of the molecule is CC1(C)c2ccccc2-n2c(-c3nc(-c4ccccc4)nc(-c4ccccc4)n3)c3c4ccccc4n(-c4ccccc4)c3c21. The lowest BCUT2D eigenvalue weighted by Crippen LogP contribution is -2.16. The zero-order valence-electron chi connectivity index (χ0n) is 25.0. The summed E-state index contributed by atoms with van der Waals surface area (Å²) in [5.41, 5.74) is 9.77. The van der Waals surface area contributed by atoms with E-state index in [4.69, 9.17) is 15.0 Å². The molecule has 45 heavy (non-hydrogen) atoms. The fourth-order valence-electron chi connectivity index (χ4n) is 7.15. The van der Waals surface area contributed by atoms with E-state index in [0.29, 0.717) is 17.5 Å². The Labute approximate surface area is 261 Å². The summed E-state index contributed by atoms with van der Waals surface area (Å²) in [5.74, 6) is 1.96. The van der Waals surface area contributed by atoms with Crippen LogP contribution in [0.25, 0.3) is 67.5 Å². The average Bonchev–Trinajstić information content (AvgIpc) is 3.69. The Balaban J connectivity index is 1.48. The maximum Gasteiger partial charge on any atom is 0.181 e. The largest absolute Gasteiger partial charge is 0.307 e. The van der Waals surface area contributed by atoms with E-state index < -0.39 is 0 Å². The number of fused-ring (bicyclic) bond motifs is 7. The zero-order chi connectivity index (χ0) is 30.1. The highest BCUT2D eigenvalue weighted by Gasteiger charge is 2.43. The van der Waals surface area contributed by atoms with Crippen LogP contribution in [0, 0.1) is 0 Å². The molecule has 1 aliphatic heterocycles. The first-order valence-electron chi connectivity index (χ1n) is 15.3. The molecule has 0 saturated heterocycles. The summed E-state index contributed by atoms with van der Waals surface area (Å²) in [7, 11) is 0. The third-order valence-corrected chi connectivity index (χ3v) is 9.12. The van der Waals surface area contributed by atoms with Crippen molar-refractivity contribution in [2.45, 2.75) is 19.3 Å². The normalized spacial score (nSPS) is 13.3. The Morgan fingerprint density at radius 2 is 1.04 bits per heavy atom. The molecule has 1 aliphatic rings. The van der Waals surface area contributed by atoms with Crippen molar-refractivity contribution < 1.29 is 0 Å². The second kappa shape index (κ2) is 9.60. The van der Waals surface area contributed by atoms with Crippen LogP contribution < -0.4 is 0 Å². The molecule has 0 atom stereocenters. The standard InChI is InChI=1S/C40H29N5/c1-40(2)30-23-13-15-25-32(30)45-35(33-29-22-12-14-24-31(29)44(34(33)36(40)45)28-20-10-5-11-21-28)39-42-37(26-16-6-3-7-17-26)41-38(43-39)27-18-8-4-9-19-27/h3-25H,1-2H3. The minimum Gasteiger partial charge on any atom is -0.307 e. The molecule has 0 aliphatic carbocycles. The van der Waals surface area contributed by atoms with Crippen LogP contribution in [0.1, 0.15) is 25.1 Å². The second-order valence-corrected chi connectivity index (χ2v) is 12.1. The number of hydrogen-bond donors (Lipinski definition) is 0. The molecule has 0 unspecified atom stereocenters. The number of aromatic nitrogens is 5. The molecular formula is C40H29N5. The average molecular weight is 580 g/mol. The first-order valence-corrected chi connectivity index (χ1v) is 15.3. The Morgan fingerprint density at radius 3 is 1.71 bits per heavy atom. The van der Waals surface area contributed by atoms with Crippen molar-refractivity contribution in [2.24, 2.45) is 0 Å². The van der Waals surface area contributed by atoms with E-state index in [9.17, 15) is 0 Å². The van der Waals surface area contributed by atoms with Gasteiger partial charge < -0.3 is 9.13 Å². The van der Waals surface area contributed by atoms with Crippen LogP contribution in [-0.2, 0) is 5.41 Å². The maximum atomic E-state index is 5.26. The third kappa shape index (κ3) is 3.71. The number of benzene rings is 5. The van der Waals surface area contributed by atoms with Gasteiger partial charge in [0.15, 0.2) is 17.5 Å². The smallest absolute Gasteiger partial charge is 0.181 e. The number of hydrogen-bond acceptors (Lipinski definition) is 3. The van der Waals surface area contributed by atoms with Crippen LogP contribution in [0.5, 0.6) is 0 Å². The van der Waals surface area contributed by atoms with Gasteiger partial charge in [0, 0.05) is 33.0 Å². The molecule has 9 rings (SSSR count). The van der Waals surface area contributed by atoms with Crippen molar-refractivity contribution in [2.75, 3.05) is 0 Å². The molecule has 0 N–H and O–H groups in total. The van der Waals surface area contributed by atoms with E-state index in [1.54, 1.807) is 0 Å². The molecule has 5 nitrogen and oxygen atoms in total. The topological polar surface area (TPSA) is 48.5 Å². The molecule has 0 fully saturated rings. The predicted octanol–water partition coefficient (Wildman–Crippen LogP) is 9.40. The van der Waals surface area contributed by atoms with Gasteiger partial charge in [0.1, 0.15) is 5.69 Å². The summed E-state index contributed by atoms with van der Waals surface area (Å²) in [6.45, 7) is 4.66. The lowest BCUT2D eigenvalue weighted by atomic mass is 9.83. The van der Waals surface area contributed by atoms with Crippen LogP contribution >= 0.6 is 0 Å². The third-order valence-electron chi connectivity index (χ3n) is 9.12. The van der Waals surface area contributed by atoms with Crippen LogP contribution in [-0.4, -0.2) is 24.1 Å². The highest BCUT2D eigenvalue weighted by Crippen LogP contribution is 2.53. The molecule has 0 saturated carbocycles. The lowest BCUT2D eigenvalue weighted by Gasteiger charge is -2.20. The number of nitrogens with zero attached hydrogens (tertiary/aromatic N) is 5. The van der Waals surface area contributed by atoms with Crippen molar-refractivity contribution in [3.05, 3.63) is 151 Å². The van der Waals surface area contributed by atoms with Gasteiger partial charge in [0.25, 0.3) is 0 Å². The second-order valence-electron chi connectivity index (χ2n) is 12.1. The summed E-state index contributed by atoms with van der Waals surface area (Å²) < 4.78 is 4.84. The van der Waals surface area contributed by atoms with Gasteiger partial charge in [-0.3, -0.25) is 0 Å². The van der Waals surface area contributed by atoms with Gasteiger partial charge in [-0.05, 0) is 29.8 Å². The van der Waals surface area contributed by atoms with Gasteiger partial charge in [-0.1, -0.05) is 129 Å². The molecule has 0 radical (unpaired) electrons. The first-order chi connectivity index (χ1) is 22.1. The Bertz CT molecular complexity index is 2330. The van der Waals surface area contributed by atoms with Crippen molar-refractivity contribution in [1.29, 1.82) is 0 Å². The van der Waals surface area contributed by atoms with Crippen LogP contribution in [0.3, 0.4) is 0 Å². The summed E-state index contributed by atoms with van der Waals surface area (Å²) in [6.07, 6.45) is 0. The van der Waals surface area contributed by atoms with E-state index >= 15 is 0 Å². The van der Waals surface area contributed by atoms with E-state index in [0.717, 1.165) is 39.1 Å². The van der Waals surface area contributed by atoms with Crippen molar-refractivity contribution in [1.82, 2.24) is 24.1 Å². The number of para-hydroxylation sites is 3. The predicted molar refractivity (Wildman–Crippen MR) is 182 cm³/mol. The van der Waals surface area contributed by atoms with Gasteiger partial charge in [-0.15, -0.1) is 0 Å². The van der Waals surface area contributed by atoms with Gasteiger partial charge in [0.05, 0.1) is 22.4 Å². The highest BCUT2D eigenvalue weighted by atomic mass is 15.1. The molecule has 4 heterocycles. The fraction of sp³-hybridized carbons (Fsp3) is 0.0750. The Kier molecular flexibility index (Phi) is 5.47. The van der Waals surface area contributed by atoms with E-state index in [2.05, 4.69) is 126 Å². The van der Waals surface area contributed by atoms with Crippen molar-refractivity contribution >= 4 is 21.8 Å². The molecule has 0 spiro atoms. The van der Waals surface area contributed by atoms with Gasteiger partial charge in [-0.2, -0.15) is 0 Å². The molecule has 5 aromatic carbocycles. The van der Waals surface area contributed by atoms with Crippen molar-refractivity contribution in [3.63, 3.8) is 0 Å². The molecular weight excluding hydrogens is 550 g/mol. The molecule has 3 aromatic heterocycles. The molecule has 214 valence electrons. The zero-order valence-corrected chi connectivity index (χ0v) is 25.0. The summed E-state index contributed by atoms with van der Waals surface area (Å²) in [5, 5.41) is 2.32. The fourth-order valence-corrected chi connectivity index (χ4v) is 7.15. The van der Waals surface area contributed by atoms with Crippen LogP contribution in [0.4, 0.5) is 0 Å². The van der Waals surface area contributed by atoms with E-state index in [-0.39, 0.29) is 5.41 Å². The van der Waals surface area contributed by atoms with Gasteiger partial charge in [-0.25, -0.2) is 15.0 Å². The lowest BCUT2D eigenvalue weighted by molar-refractivity contribution is 0.646. The number of rotatable bonds is 4. The van der Waals surface area contributed by atoms with E-state index in [1.165, 1.54) is 22.2 Å². The Morgan fingerprint density at radius 1 is 0.511 bits per heavy atom. The van der Waals surface area contributed by atoms with Crippen molar-refractivity contribution in [3.8, 4) is 45.7 Å². The Hall–Kier alpha value is -5.81. The summed E-state index contributed by atoms with van der Waals surface area (Å²) in [4.78, 5) is 15.5. The highest BCUT2D eigenvalue weighted by molar-refractivity contribution is 6.17. The van der Waals surface area contributed by atoms with Crippen LogP contribution in [0.15, 0.2) is 140 Å². The van der Waals surface area contributed by atoms with Gasteiger partial charge >= 0.3 is 0 Å². The quantitative estimate of drug-likeness (QED) is 0.209. The first kappa shape index (κ1) is 25.7. The van der Waals surface area contributed by atoms with Crippen LogP contribution in [0.2, 0.25) is 0 Å². The van der Waals surface area contributed by atoms with Gasteiger partial charge in [0.2, 0.25) is 0 Å². The van der Waals surface area contributed by atoms with E-state index in [1.807, 2.05) is 36.4 Å². The minimum atomic E-state index is -0.272. The molecule has 0 amide bonds. The molecule has 5 heteroatoms. The summed E-state index contributed by atoms with van der Waals surface area (Å²) in [6, 6.07) is 48.5. The minimum absolute atomic E-state index is 0.272. The monoisotopic (exact) mass is 579 g/mol. The maximum absolute atomic E-state index is 5.26. The molecule has 8 aromatic rings. The molecule has 0 bridgehead atoms.